The second-order valence-electron chi connectivity index (χ2n) is 6.13. The Morgan fingerprint density at radius 1 is 1.08 bits per heavy atom. The molecule has 0 bridgehead atoms. The van der Waals surface area contributed by atoms with Crippen molar-refractivity contribution < 1.29 is 9.13 Å². The number of aryl methyl sites for hydroxylation is 1. The van der Waals surface area contributed by atoms with Gasteiger partial charge in [0.25, 0.3) is 0 Å². The van der Waals surface area contributed by atoms with Gasteiger partial charge in [-0.15, -0.1) is 0 Å². The van der Waals surface area contributed by atoms with Crippen molar-refractivity contribution >= 4 is 5.96 Å². The molecule has 5 heteroatoms. The van der Waals surface area contributed by atoms with E-state index in [4.69, 9.17) is 4.74 Å². The Balaban J connectivity index is 1.77. The van der Waals surface area contributed by atoms with E-state index in [2.05, 4.69) is 39.9 Å². The van der Waals surface area contributed by atoms with Gasteiger partial charge in [-0.2, -0.15) is 0 Å². The minimum absolute atomic E-state index is 0.191. The zero-order chi connectivity index (χ0) is 18.8. The van der Waals surface area contributed by atoms with E-state index < -0.39 is 0 Å². The monoisotopic (exact) mass is 357 g/mol. The molecule has 0 aliphatic heterocycles. The number of benzene rings is 2. The van der Waals surface area contributed by atoms with Crippen molar-refractivity contribution in [2.75, 3.05) is 20.2 Å². The Kier molecular flexibility index (Phi) is 8.09. The number of hydrogen-bond donors (Lipinski definition) is 2. The maximum atomic E-state index is 13.1. The van der Waals surface area contributed by atoms with Crippen molar-refractivity contribution in [3.8, 4) is 0 Å². The van der Waals surface area contributed by atoms with Gasteiger partial charge in [-0.3, -0.25) is 4.99 Å². The standard InChI is InChI=1S/C21H28FN3O/c1-4-26-15-18-7-5-17(6-8-18)14-25-21(23-3)24-12-11-19-9-10-20(22)13-16(19)2/h5-10,13H,4,11-12,14-15H2,1-3H3,(H2,23,24,25). The van der Waals surface area contributed by atoms with Gasteiger partial charge >= 0.3 is 0 Å². The molecule has 2 aromatic carbocycles. The van der Waals surface area contributed by atoms with Gasteiger partial charge in [0, 0.05) is 26.7 Å². The van der Waals surface area contributed by atoms with Gasteiger partial charge in [0.15, 0.2) is 5.96 Å². The molecular weight excluding hydrogens is 329 g/mol. The van der Waals surface area contributed by atoms with Crippen LogP contribution in [0.1, 0.15) is 29.2 Å². The van der Waals surface area contributed by atoms with Crippen molar-refractivity contribution in [2.24, 2.45) is 4.99 Å². The molecule has 26 heavy (non-hydrogen) atoms. The Hall–Kier alpha value is -2.40. The first kappa shape index (κ1) is 19.9. The van der Waals surface area contributed by atoms with Crippen LogP contribution in [-0.2, 0) is 24.3 Å². The topological polar surface area (TPSA) is 45.6 Å². The normalized spacial score (nSPS) is 11.5. The first-order valence-corrected chi connectivity index (χ1v) is 8.97. The summed E-state index contributed by atoms with van der Waals surface area (Å²) in [6.45, 7) is 6.73. The van der Waals surface area contributed by atoms with Crippen molar-refractivity contribution in [3.63, 3.8) is 0 Å². The van der Waals surface area contributed by atoms with Crippen molar-refractivity contribution in [1.29, 1.82) is 0 Å². The molecule has 0 aliphatic carbocycles. The van der Waals surface area contributed by atoms with Crippen LogP contribution in [-0.4, -0.2) is 26.2 Å². The largest absolute Gasteiger partial charge is 0.377 e. The van der Waals surface area contributed by atoms with Crippen molar-refractivity contribution in [1.82, 2.24) is 10.6 Å². The molecule has 0 aromatic heterocycles. The highest BCUT2D eigenvalue weighted by Gasteiger charge is 2.02. The predicted octanol–water partition coefficient (Wildman–Crippen LogP) is 3.58. The summed E-state index contributed by atoms with van der Waals surface area (Å²) >= 11 is 0. The van der Waals surface area contributed by atoms with E-state index in [1.165, 1.54) is 17.2 Å². The van der Waals surface area contributed by atoms with Crippen LogP contribution in [0, 0.1) is 12.7 Å². The fraction of sp³-hybridized carbons (Fsp3) is 0.381. The molecule has 0 fully saturated rings. The Labute approximate surface area is 155 Å². The van der Waals surface area contributed by atoms with E-state index in [-0.39, 0.29) is 5.82 Å². The Morgan fingerprint density at radius 3 is 2.46 bits per heavy atom. The highest BCUT2D eigenvalue weighted by atomic mass is 19.1. The van der Waals surface area contributed by atoms with E-state index in [0.29, 0.717) is 13.2 Å². The van der Waals surface area contributed by atoms with Gasteiger partial charge in [-0.25, -0.2) is 4.39 Å². The number of nitrogens with one attached hydrogen (secondary N) is 2. The predicted molar refractivity (Wildman–Crippen MR) is 105 cm³/mol. The third kappa shape index (κ3) is 6.48. The maximum absolute atomic E-state index is 13.1. The van der Waals surface area contributed by atoms with E-state index in [0.717, 1.165) is 36.7 Å². The quantitative estimate of drug-likeness (QED) is 0.561. The molecule has 0 radical (unpaired) electrons. The number of rotatable bonds is 8. The van der Waals surface area contributed by atoms with Gasteiger partial charge in [0.1, 0.15) is 5.82 Å². The number of hydrogen-bond acceptors (Lipinski definition) is 2. The van der Waals surface area contributed by atoms with E-state index in [9.17, 15) is 4.39 Å². The average molecular weight is 357 g/mol. The Bertz CT molecular complexity index is 714. The minimum Gasteiger partial charge on any atom is -0.377 e. The van der Waals surface area contributed by atoms with E-state index >= 15 is 0 Å². The van der Waals surface area contributed by atoms with Gasteiger partial charge in [0.2, 0.25) is 0 Å². The van der Waals surface area contributed by atoms with E-state index in [1.807, 2.05) is 19.9 Å². The molecule has 4 nitrogen and oxygen atoms in total. The van der Waals surface area contributed by atoms with Gasteiger partial charge < -0.3 is 15.4 Å². The number of aliphatic imine (C=N–C) groups is 1. The van der Waals surface area contributed by atoms with Crippen LogP contribution >= 0.6 is 0 Å². The highest BCUT2D eigenvalue weighted by Crippen LogP contribution is 2.10. The number of ether oxygens (including phenoxy) is 1. The lowest BCUT2D eigenvalue weighted by Gasteiger charge is -2.13. The lowest BCUT2D eigenvalue weighted by Crippen LogP contribution is -2.37. The molecule has 0 unspecified atom stereocenters. The summed E-state index contributed by atoms with van der Waals surface area (Å²) < 4.78 is 18.6. The van der Waals surface area contributed by atoms with Crippen LogP contribution in [0.15, 0.2) is 47.5 Å². The van der Waals surface area contributed by atoms with Crippen LogP contribution in [0.5, 0.6) is 0 Å². The molecule has 0 spiro atoms. The Morgan fingerprint density at radius 2 is 1.81 bits per heavy atom. The zero-order valence-electron chi connectivity index (χ0n) is 15.8. The van der Waals surface area contributed by atoms with Crippen LogP contribution in [0.25, 0.3) is 0 Å². The van der Waals surface area contributed by atoms with Crippen LogP contribution in [0.4, 0.5) is 4.39 Å². The third-order valence-electron chi connectivity index (χ3n) is 4.17. The molecule has 0 heterocycles. The number of halogens is 1. The summed E-state index contributed by atoms with van der Waals surface area (Å²) in [5, 5.41) is 6.60. The number of guanidine groups is 1. The summed E-state index contributed by atoms with van der Waals surface area (Å²) in [5.41, 5.74) is 4.47. The molecule has 2 N–H and O–H groups in total. The third-order valence-corrected chi connectivity index (χ3v) is 4.17. The molecule has 0 saturated carbocycles. The first-order valence-electron chi connectivity index (χ1n) is 8.97. The maximum Gasteiger partial charge on any atom is 0.191 e. The van der Waals surface area contributed by atoms with E-state index in [1.54, 1.807) is 13.1 Å². The summed E-state index contributed by atoms with van der Waals surface area (Å²) in [4.78, 5) is 4.24. The van der Waals surface area contributed by atoms with Gasteiger partial charge in [0.05, 0.1) is 6.61 Å². The second-order valence-corrected chi connectivity index (χ2v) is 6.13. The molecular formula is C21H28FN3O. The minimum atomic E-state index is -0.191. The fourth-order valence-electron chi connectivity index (χ4n) is 2.64. The lowest BCUT2D eigenvalue weighted by molar-refractivity contribution is 0.134. The number of nitrogens with zero attached hydrogens (tertiary/aromatic N) is 1. The van der Waals surface area contributed by atoms with Crippen LogP contribution in [0.2, 0.25) is 0 Å². The van der Waals surface area contributed by atoms with Gasteiger partial charge in [-0.05, 0) is 54.7 Å². The smallest absolute Gasteiger partial charge is 0.191 e. The zero-order valence-corrected chi connectivity index (χ0v) is 15.8. The SMILES string of the molecule is CCOCc1ccc(CNC(=NC)NCCc2ccc(F)cc2C)cc1. The first-order chi connectivity index (χ1) is 12.6. The molecule has 0 aliphatic rings. The molecule has 0 atom stereocenters. The molecule has 0 amide bonds. The average Bonchev–Trinajstić information content (AvgIpc) is 2.65. The van der Waals surface area contributed by atoms with Gasteiger partial charge in [-0.1, -0.05) is 30.3 Å². The fourth-order valence-corrected chi connectivity index (χ4v) is 2.64. The lowest BCUT2D eigenvalue weighted by atomic mass is 10.1. The molecule has 2 rings (SSSR count). The summed E-state index contributed by atoms with van der Waals surface area (Å²) in [6.07, 6.45) is 0.818. The molecule has 2 aromatic rings. The summed E-state index contributed by atoms with van der Waals surface area (Å²) in [6, 6.07) is 13.3. The second kappa shape index (κ2) is 10.6. The van der Waals surface area contributed by atoms with Crippen molar-refractivity contribution in [2.45, 2.75) is 33.4 Å². The summed E-state index contributed by atoms with van der Waals surface area (Å²) in [5.74, 6) is 0.562. The summed E-state index contributed by atoms with van der Waals surface area (Å²) in [7, 11) is 1.75. The van der Waals surface area contributed by atoms with Crippen LogP contribution in [0.3, 0.4) is 0 Å². The van der Waals surface area contributed by atoms with Crippen molar-refractivity contribution in [3.05, 3.63) is 70.5 Å². The molecule has 140 valence electrons. The molecule has 0 saturated heterocycles. The highest BCUT2D eigenvalue weighted by molar-refractivity contribution is 5.79. The van der Waals surface area contributed by atoms with Crippen LogP contribution < -0.4 is 10.6 Å².